The van der Waals surface area contributed by atoms with Gasteiger partial charge in [0.05, 0.1) is 0 Å². The Hall–Kier alpha value is -1.58. The second kappa shape index (κ2) is 4.26. The van der Waals surface area contributed by atoms with Crippen LogP contribution in [0.2, 0.25) is 0 Å². The fourth-order valence-corrected chi connectivity index (χ4v) is 2.51. The number of alkyl halides is 3. The molecule has 1 nitrogen and oxygen atoms in total. The fourth-order valence-electron chi connectivity index (χ4n) is 2.51. The van der Waals surface area contributed by atoms with Crippen LogP contribution < -0.4 is 0 Å². The van der Waals surface area contributed by atoms with Gasteiger partial charge in [0, 0.05) is 5.56 Å². The van der Waals surface area contributed by atoms with Crippen molar-refractivity contribution in [1.29, 1.82) is 0 Å². The number of hydrogen-bond donors (Lipinski definition) is 0. The monoisotopic (exact) mass is 254 g/mol. The second-order valence-electron chi connectivity index (χ2n) is 4.56. The van der Waals surface area contributed by atoms with Gasteiger partial charge >= 0.3 is 6.18 Å². The standard InChI is InChI=1S/C14H13F3O/c1-2-8-13(14(15,16)17)9-7-10-5-3-4-6-11(10)12(13)18/h2-6H,1,7-9H2/t13-/m0/s1. The first-order valence-electron chi connectivity index (χ1n) is 5.73. The van der Waals surface area contributed by atoms with E-state index in [0.717, 1.165) is 0 Å². The molecule has 0 saturated heterocycles. The molecule has 0 aromatic heterocycles. The van der Waals surface area contributed by atoms with E-state index in [1.807, 2.05) is 0 Å². The van der Waals surface area contributed by atoms with Gasteiger partial charge in [-0.05, 0) is 24.8 Å². The number of rotatable bonds is 2. The third kappa shape index (κ3) is 1.76. The molecule has 1 aliphatic rings. The molecule has 0 N–H and O–H groups in total. The number of aryl methyl sites for hydroxylation is 1. The fraction of sp³-hybridized carbons (Fsp3) is 0.357. The minimum absolute atomic E-state index is 0.196. The molecule has 1 atom stereocenters. The van der Waals surface area contributed by atoms with E-state index < -0.39 is 17.4 Å². The lowest BCUT2D eigenvalue weighted by Gasteiger charge is -2.37. The molecule has 0 aliphatic heterocycles. The van der Waals surface area contributed by atoms with E-state index in [0.29, 0.717) is 5.56 Å². The summed E-state index contributed by atoms with van der Waals surface area (Å²) in [6.45, 7) is 3.35. The van der Waals surface area contributed by atoms with Crippen molar-refractivity contribution < 1.29 is 18.0 Å². The Balaban J connectivity index is 2.54. The maximum absolute atomic E-state index is 13.3. The number of fused-ring (bicyclic) bond motifs is 1. The highest BCUT2D eigenvalue weighted by molar-refractivity contribution is 6.03. The summed E-state index contributed by atoms with van der Waals surface area (Å²) in [6.07, 6.45) is -3.64. The van der Waals surface area contributed by atoms with Crippen LogP contribution in [0, 0.1) is 5.41 Å². The van der Waals surface area contributed by atoms with Gasteiger partial charge in [-0.25, -0.2) is 0 Å². The van der Waals surface area contributed by atoms with Gasteiger partial charge < -0.3 is 0 Å². The predicted molar refractivity (Wildman–Crippen MR) is 62.4 cm³/mol. The van der Waals surface area contributed by atoms with Gasteiger partial charge in [0.1, 0.15) is 5.41 Å². The number of hydrogen-bond acceptors (Lipinski definition) is 1. The van der Waals surface area contributed by atoms with E-state index in [1.54, 1.807) is 18.2 Å². The molecule has 1 aliphatic carbocycles. The molecule has 0 heterocycles. The molecule has 18 heavy (non-hydrogen) atoms. The van der Waals surface area contributed by atoms with Crippen LogP contribution in [0.15, 0.2) is 36.9 Å². The number of allylic oxidation sites excluding steroid dienone is 1. The largest absolute Gasteiger partial charge is 0.401 e. The van der Waals surface area contributed by atoms with Crippen LogP contribution in [0.3, 0.4) is 0 Å². The first-order valence-corrected chi connectivity index (χ1v) is 5.73. The van der Waals surface area contributed by atoms with Crippen molar-refractivity contribution >= 4 is 5.78 Å². The average Bonchev–Trinajstić information content (AvgIpc) is 2.32. The summed E-state index contributed by atoms with van der Waals surface area (Å²) >= 11 is 0. The van der Waals surface area contributed by atoms with Crippen LogP contribution >= 0.6 is 0 Å². The molecule has 0 radical (unpaired) electrons. The van der Waals surface area contributed by atoms with E-state index in [9.17, 15) is 18.0 Å². The first kappa shape index (κ1) is 12.9. The quantitative estimate of drug-likeness (QED) is 0.730. The van der Waals surface area contributed by atoms with Crippen LogP contribution in [0.1, 0.15) is 28.8 Å². The molecule has 0 amide bonds. The second-order valence-corrected chi connectivity index (χ2v) is 4.56. The van der Waals surface area contributed by atoms with Crippen molar-refractivity contribution in [2.24, 2.45) is 5.41 Å². The van der Waals surface area contributed by atoms with Crippen molar-refractivity contribution in [3.8, 4) is 0 Å². The molecule has 1 aromatic rings. The van der Waals surface area contributed by atoms with Crippen molar-refractivity contribution in [3.63, 3.8) is 0 Å². The Labute approximate surface area is 103 Å². The van der Waals surface area contributed by atoms with Crippen LogP contribution in [0.4, 0.5) is 13.2 Å². The molecule has 0 spiro atoms. The third-order valence-electron chi connectivity index (χ3n) is 3.55. The lowest BCUT2D eigenvalue weighted by molar-refractivity contribution is -0.206. The Morgan fingerprint density at radius 2 is 2.00 bits per heavy atom. The highest BCUT2D eigenvalue weighted by atomic mass is 19.4. The average molecular weight is 254 g/mol. The smallest absolute Gasteiger partial charge is 0.293 e. The molecule has 4 heteroatoms. The van der Waals surface area contributed by atoms with Gasteiger partial charge in [0.25, 0.3) is 0 Å². The topological polar surface area (TPSA) is 17.1 Å². The van der Waals surface area contributed by atoms with E-state index in [4.69, 9.17) is 0 Å². The minimum atomic E-state index is -4.54. The Morgan fingerprint density at radius 1 is 1.33 bits per heavy atom. The normalized spacial score (nSPS) is 23.6. The molecular formula is C14H13F3O. The van der Waals surface area contributed by atoms with Crippen LogP contribution in [-0.4, -0.2) is 12.0 Å². The molecule has 1 aromatic carbocycles. The molecule has 0 bridgehead atoms. The minimum Gasteiger partial charge on any atom is -0.293 e. The Morgan fingerprint density at radius 3 is 2.61 bits per heavy atom. The number of benzene rings is 1. The van der Waals surface area contributed by atoms with E-state index >= 15 is 0 Å². The Bertz CT molecular complexity index is 490. The Kier molecular flexibility index (Phi) is 3.05. The van der Waals surface area contributed by atoms with Crippen molar-refractivity contribution in [2.75, 3.05) is 0 Å². The van der Waals surface area contributed by atoms with Gasteiger partial charge in [-0.2, -0.15) is 13.2 Å². The van der Waals surface area contributed by atoms with E-state index in [1.165, 1.54) is 12.1 Å². The first-order chi connectivity index (χ1) is 8.42. The van der Waals surface area contributed by atoms with Crippen molar-refractivity contribution in [1.82, 2.24) is 0 Å². The van der Waals surface area contributed by atoms with Gasteiger partial charge in [-0.3, -0.25) is 4.79 Å². The van der Waals surface area contributed by atoms with Crippen LogP contribution in [0.25, 0.3) is 0 Å². The maximum atomic E-state index is 13.3. The predicted octanol–water partition coefficient (Wildman–Crippen LogP) is 3.94. The zero-order chi connectivity index (χ0) is 13.4. The van der Waals surface area contributed by atoms with Gasteiger partial charge in [0.2, 0.25) is 0 Å². The third-order valence-corrected chi connectivity index (χ3v) is 3.55. The molecular weight excluding hydrogens is 241 g/mol. The van der Waals surface area contributed by atoms with Crippen molar-refractivity contribution in [3.05, 3.63) is 48.0 Å². The summed E-state index contributed by atoms with van der Waals surface area (Å²) in [5, 5.41) is 0. The van der Waals surface area contributed by atoms with Gasteiger partial charge in [-0.1, -0.05) is 30.3 Å². The highest BCUT2D eigenvalue weighted by Gasteiger charge is 2.60. The van der Waals surface area contributed by atoms with E-state index in [2.05, 4.69) is 6.58 Å². The zero-order valence-corrected chi connectivity index (χ0v) is 9.76. The summed E-state index contributed by atoms with van der Waals surface area (Å²) < 4.78 is 39.8. The maximum Gasteiger partial charge on any atom is 0.401 e. The lowest BCUT2D eigenvalue weighted by Crippen LogP contribution is -2.47. The molecule has 0 fully saturated rings. The molecule has 0 saturated carbocycles. The van der Waals surface area contributed by atoms with Crippen LogP contribution in [-0.2, 0) is 6.42 Å². The zero-order valence-electron chi connectivity index (χ0n) is 9.76. The molecule has 96 valence electrons. The number of Topliss-reactive ketones (excluding diaryl/α,β-unsaturated/α-hetero) is 1. The summed E-state index contributed by atoms with van der Waals surface area (Å²) in [5.41, 5.74) is -1.39. The SMILES string of the molecule is C=CC[C@]1(C(F)(F)F)CCc2ccccc2C1=O. The summed E-state index contributed by atoms with van der Waals surface area (Å²) in [7, 11) is 0. The molecule has 0 unspecified atom stereocenters. The number of carbonyl (C=O) groups is 1. The highest BCUT2D eigenvalue weighted by Crippen LogP contribution is 2.50. The number of halogens is 3. The van der Waals surface area contributed by atoms with Crippen molar-refractivity contribution in [2.45, 2.75) is 25.4 Å². The summed E-state index contributed by atoms with van der Waals surface area (Å²) in [6, 6.07) is 6.51. The summed E-state index contributed by atoms with van der Waals surface area (Å²) in [5.74, 6) is -0.822. The van der Waals surface area contributed by atoms with Crippen LogP contribution in [0.5, 0.6) is 0 Å². The van der Waals surface area contributed by atoms with Gasteiger partial charge in [-0.15, -0.1) is 6.58 Å². The molecule has 2 rings (SSSR count). The summed E-state index contributed by atoms with van der Waals surface area (Å²) in [4.78, 5) is 12.2. The van der Waals surface area contributed by atoms with E-state index in [-0.39, 0.29) is 24.8 Å². The number of ketones is 1. The van der Waals surface area contributed by atoms with Gasteiger partial charge in [0.15, 0.2) is 5.78 Å². The number of carbonyl (C=O) groups excluding carboxylic acids is 1. The lowest BCUT2D eigenvalue weighted by atomic mass is 9.68.